The number of hydrogen-bond donors (Lipinski definition) is 2. The highest BCUT2D eigenvalue weighted by Crippen LogP contribution is 2.38. The maximum absolute atomic E-state index is 13.1. The second-order valence-corrected chi connectivity index (χ2v) is 9.04. The van der Waals surface area contributed by atoms with Crippen molar-refractivity contribution in [3.63, 3.8) is 0 Å². The summed E-state index contributed by atoms with van der Waals surface area (Å²) in [4.78, 5) is 39.1. The number of fused-ring (bicyclic) bond motifs is 1. The number of esters is 1. The lowest BCUT2D eigenvalue weighted by atomic mass is 9.95. The van der Waals surface area contributed by atoms with Gasteiger partial charge in [-0.25, -0.2) is 4.79 Å². The Hall–Kier alpha value is -3.65. The zero-order valence-electron chi connectivity index (χ0n) is 18.9. The molecular formula is C26H26N2O5S. The third-order valence-corrected chi connectivity index (χ3v) is 6.79. The van der Waals surface area contributed by atoms with E-state index >= 15 is 0 Å². The average Bonchev–Trinajstić information content (AvgIpc) is 3.24. The predicted octanol–water partition coefficient (Wildman–Crippen LogP) is 4.36. The van der Waals surface area contributed by atoms with E-state index in [0.29, 0.717) is 28.4 Å². The van der Waals surface area contributed by atoms with E-state index in [4.69, 9.17) is 9.47 Å². The lowest BCUT2D eigenvalue weighted by Crippen LogP contribution is -2.26. The average molecular weight is 479 g/mol. The fourth-order valence-electron chi connectivity index (χ4n) is 3.89. The molecule has 8 heteroatoms. The van der Waals surface area contributed by atoms with Crippen LogP contribution in [-0.4, -0.2) is 31.5 Å². The molecule has 0 fully saturated rings. The van der Waals surface area contributed by atoms with Gasteiger partial charge in [-0.15, -0.1) is 11.3 Å². The topological polar surface area (TPSA) is 93.7 Å². The van der Waals surface area contributed by atoms with Crippen molar-refractivity contribution in [3.8, 4) is 5.75 Å². The fraction of sp³-hybridized carbons (Fsp3) is 0.269. The smallest absolute Gasteiger partial charge is 0.338 e. The van der Waals surface area contributed by atoms with Crippen molar-refractivity contribution in [1.29, 1.82) is 0 Å². The fourth-order valence-corrected chi connectivity index (χ4v) is 5.19. The van der Waals surface area contributed by atoms with Crippen LogP contribution in [0.3, 0.4) is 0 Å². The molecular weight excluding hydrogens is 452 g/mol. The van der Waals surface area contributed by atoms with Gasteiger partial charge in [-0.3, -0.25) is 9.59 Å². The van der Waals surface area contributed by atoms with Crippen molar-refractivity contribution in [1.82, 2.24) is 5.32 Å². The van der Waals surface area contributed by atoms with Crippen LogP contribution in [0.5, 0.6) is 5.75 Å². The van der Waals surface area contributed by atoms with Gasteiger partial charge >= 0.3 is 5.97 Å². The maximum Gasteiger partial charge on any atom is 0.338 e. The van der Waals surface area contributed by atoms with Gasteiger partial charge < -0.3 is 20.1 Å². The lowest BCUT2D eigenvalue weighted by Gasteiger charge is -2.13. The highest BCUT2D eigenvalue weighted by molar-refractivity contribution is 7.17. The van der Waals surface area contributed by atoms with E-state index in [1.165, 1.54) is 18.4 Å². The molecule has 0 saturated carbocycles. The molecule has 176 valence electrons. The van der Waals surface area contributed by atoms with Gasteiger partial charge in [0.15, 0.2) is 6.61 Å². The molecule has 0 bridgehead atoms. The number of rotatable bonds is 8. The zero-order chi connectivity index (χ0) is 23.9. The number of thiophene rings is 1. The Morgan fingerprint density at radius 3 is 2.59 bits per heavy atom. The summed E-state index contributed by atoms with van der Waals surface area (Å²) in [5.41, 5.74) is 2.81. The van der Waals surface area contributed by atoms with Crippen LogP contribution < -0.4 is 15.4 Å². The minimum Gasteiger partial charge on any atom is -0.497 e. The van der Waals surface area contributed by atoms with Crippen LogP contribution in [0.25, 0.3) is 0 Å². The monoisotopic (exact) mass is 478 g/mol. The molecule has 0 unspecified atom stereocenters. The third-order valence-electron chi connectivity index (χ3n) is 5.59. The first kappa shape index (κ1) is 23.5. The number of anilines is 1. The molecule has 2 N–H and O–H groups in total. The minimum absolute atomic E-state index is 0.216. The molecule has 1 aliphatic rings. The van der Waals surface area contributed by atoms with E-state index < -0.39 is 18.5 Å². The third kappa shape index (κ3) is 5.63. The Balaban J connectivity index is 1.43. The number of aryl methyl sites for hydroxylation is 1. The van der Waals surface area contributed by atoms with Crippen LogP contribution in [0.15, 0.2) is 54.6 Å². The first-order chi connectivity index (χ1) is 16.5. The normalized spacial score (nSPS) is 12.4. The maximum atomic E-state index is 13.1. The molecule has 0 radical (unpaired) electrons. The van der Waals surface area contributed by atoms with Crippen molar-refractivity contribution in [3.05, 3.63) is 81.7 Å². The molecule has 0 atom stereocenters. The lowest BCUT2D eigenvalue weighted by molar-refractivity contribution is -0.119. The van der Waals surface area contributed by atoms with Crippen molar-refractivity contribution in [2.75, 3.05) is 19.0 Å². The number of benzene rings is 2. The molecule has 4 rings (SSSR count). The molecule has 3 aromatic rings. The van der Waals surface area contributed by atoms with Gasteiger partial charge in [0.05, 0.1) is 18.2 Å². The van der Waals surface area contributed by atoms with Gasteiger partial charge in [0.2, 0.25) is 0 Å². The first-order valence-electron chi connectivity index (χ1n) is 11.1. The number of ether oxygens (including phenoxy) is 2. The van der Waals surface area contributed by atoms with E-state index in [9.17, 15) is 14.4 Å². The van der Waals surface area contributed by atoms with Crippen LogP contribution in [-0.2, 0) is 28.9 Å². The van der Waals surface area contributed by atoms with Crippen molar-refractivity contribution in [2.24, 2.45) is 0 Å². The van der Waals surface area contributed by atoms with Gasteiger partial charge in [-0.1, -0.05) is 36.4 Å². The molecule has 1 aliphatic carbocycles. The summed E-state index contributed by atoms with van der Waals surface area (Å²) in [6, 6.07) is 16.2. The molecule has 2 amide bonds. The Bertz CT molecular complexity index is 1190. The zero-order valence-corrected chi connectivity index (χ0v) is 19.7. The quantitative estimate of drug-likeness (QED) is 0.469. The molecule has 7 nitrogen and oxygen atoms in total. The van der Waals surface area contributed by atoms with Crippen molar-refractivity contribution >= 4 is 34.1 Å². The molecule has 1 aromatic heterocycles. The highest BCUT2D eigenvalue weighted by Gasteiger charge is 2.26. The van der Waals surface area contributed by atoms with E-state index in [-0.39, 0.29) is 5.91 Å². The molecule has 34 heavy (non-hydrogen) atoms. The van der Waals surface area contributed by atoms with E-state index in [0.717, 1.165) is 41.7 Å². The SMILES string of the molecule is COc1cccc(C(=O)OCC(=O)Nc2sc3c(c2C(=O)NCc2ccccc2)CCCC3)c1. The Morgan fingerprint density at radius 1 is 1.00 bits per heavy atom. The molecule has 0 aliphatic heterocycles. The van der Waals surface area contributed by atoms with E-state index in [1.54, 1.807) is 24.3 Å². The largest absolute Gasteiger partial charge is 0.497 e. The molecule has 0 spiro atoms. The van der Waals surface area contributed by atoms with Crippen LogP contribution in [0.4, 0.5) is 5.00 Å². The molecule has 1 heterocycles. The second-order valence-electron chi connectivity index (χ2n) is 7.94. The summed E-state index contributed by atoms with van der Waals surface area (Å²) >= 11 is 1.43. The summed E-state index contributed by atoms with van der Waals surface area (Å²) < 4.78 is 10.3. The Kier molecular flexibility index (Phi) is 7.59. The van der Waals surface area contributed by atoms with Gasteiger partial charge in [-0.05, 0) is 55.0 Å². The van der Waals surface area contributed by atoms with Crippen LogP contribution >= 0.6 is 11.3 Å². The van der Waals surface area contributed by atoms with Crippen LogP contribution in [0, 0.1) is 0 Å². The summed E-state index contributed by atoms with van der Waals surface area (Å²) in [6.45, 7) is -0.0560. The number of amides is 2. The summed E-state index contributed by atoms with van der Waals surface area (Å²) in [7, 11) is 1.51. The molecule has 2 aromatic carbocycles. The highest BCUT2D eigenvalue weighted by atomic mass is 32.1. The Labute approximate surface area is 202 Å². The standard InChI is InChI=1S/C26H26N2O5S/c1-32-19-11-7-10-18(14-19)26(31)33-16-22(29)28-25-23(20-12-5-6-13-21(20)34-25)24(30)27-15-17-8-3-2-4-9-17/h2-4,7-11,14H,5-6,12-13,15-16H2,1H3,(H,27,30)(H,28,29). The van der Waals surface area contributed by atoms with Crippen molar-refractivity contribution < 1.29 is 23.9 Å². The van der Waals surface area contributed by atoms with Gasteiger partial charge in [-0.2, -0.15) is 0 Å². The number of carbonyl (C=O) groups is 3. The summed E-state index contributed by atoms with van der Waals surface area (Å²) in [5, 5.41) is 6.26. The predicted molar refractivity (Wildman–Crippen MR) is 130 cm³/mol. The summed E-state index contributed by atoms with van der Waals surface area (Å²) in [5.74, 6) is -0.812. The van der Waals surface area contributed by atoms with Gasteiger partial charge in [0.1, 0.15) is 10.8 Å². The van der Waals surface area contributed by atoms with E-state index in [2.05, 4.69) is 10.6 Å². The number of methoxy groups -OCH3 is 1. The van der Waals surface area contributed by atoms with Gasteiger partial charge in [0.25, 0.3) is 11.8 Å². The van der Waals surface area contributed by atoms with Crippen LogP contribution in [0.1, 0.15) is 49.6 Å². The number of carbonyl (C=O) groups excluding carboxylic acids is 3. The number of hydrogen-bond acceptors (Lipinski definition) is 6. The van der Waals surface area contributed by atoms with E-state index in [1.807, 2.05) is 30.3 Å². The number of nitrogens with one attached hydrogen (secondary N) is 2. The Morgan fingerprint density at radius 2 is 1.79 bits per heavy atom. The first-order valence-corrected chi connectivity index (χ1v) is 11.9. The van der Waals surface area contributed by atoms with Gasteiger partial charge in [0, 0.05) is 11.4 Å². The minimum atomic E-state index is -0.625. The summed E-state index contributed by atoms with van der Waals surface area (Å²) in [6.07, 6.45) is 3.76. The van der Waals surface area contributed by atoms with Crippen LogP contribution in [0.2, 0.25) is 0 Å². The van der Waals surface area contributed by atoms with Crippen molar-refractivity contribution in [2.45, 2.75) is 32.2 Å². The molecule has 0 saturated heterocycles. The second kappa shape index (κ2) is 11.0.